The highest BCUT2D eigenvalue weighted by molar-refractivity contribution is 6.26. The number of halogens is 1. The van der Waals surface area contributed by atoms with Gasteiger partial charge in [0, 0.05) is 0 Å². The van der Waals surface area contributed by atoms with Crippen LogP contribution in [0.2, 0.25) is 5.28 Å². The van der Waals surface area contributed by atoms with Crippen molar-refractivity contribution in [3.8, 4) is 0 Å². The molecule has 0 saturated carbocycles. The molecule has 0 radical (unpaired) electrons. The molecule has 0 unspecified atom stereocenters. The molecule has 1 aromatic heterocycles. The standard InChI is InChI=1S/C3H2ClN3O3/c4-3-6(9)1-5(8)2-7(3)10/h1-2H. The summed E-state index contributed by atoms with van der Waals surface area (Å²) >= 11 is 5.10. The molecule has 0 N–H and O–H groups in total. The van der Waals surface area contributed by atoms with Gasteiger partial charge in [0.2, 0.25) is 0 Å². The van der Waals surface area contributed by atoms with E-state index in [2.05, 4.69) is 0 Å². The van der Waals surface area contributed by atoms with Crippen molar-refractivity contribution in [2.24, 2.45) is 0 Å². The van der Waals surface area contributed by atoms with Crippen molar-refractivity contribution in [3.63, 3.8) is 0 Å². The lowest BCUT2D eigenvalue weighted by Crippen LogP contribution is -2.53. The van der Waals surface area contributed by atoms with Gasteiger partial charge in [0.1, 0.15) is 0 Å². The first-order valence-corrected chi connectivity index (χ1v) is 2.59. The summed E-state index contributed by atoms with van der Waals surface area (Å²) < 4.78 is 0.00892. The van der Waals surface area contributed by atoms with Crippen molar-refractivity contribution in [3.05, 3.63) is 33.6 Å². The van der Waals surface area contributed by atoms with Crippen molar-refractivity contribution >= 4 is 11.6 Å². The van der Waals surface area contributed by atoms with Gasteiger partial charge in [-0.3, -0.25) is 0 Å². The van der Waals surface area contributed by atoms with Crippen LogP contribution in [0.1, 0.15) is 0 Å². The van der Waals surface area contributed by atoms with E-state index in [0.29, 0.717) is 12.7 Å². The highest BCUT2D eigenvalue weighted by atomic mass is 35.5. The van der Waals surface area contributed by atoms with Gasteiger partial charge in [-0.25, -0.2) is 0 Å². The number of nitrogens with zero attached hydrogens (tertiary/aromatic N) is 3. The first-order valence-electron chi connectivity index (χ1n) is 2.22. The molecule has 7 heteroatoms. The molecule has 0 atom stereocenters. The number of aromatic nitrogens is 3. The molecule has 0 aliphatic heterocycles. The summed E-state index contributed by atoms with van der Waals surface area (Å²) in [6, 6.07) is 0. The van der Waals surface area contributed by atoms with E-state index < -0.39 is 5.28 Å². The van der Waals surface area contributed by atoms with Crippen molar-refractivity contribution in [2.45, 2.75) is 0 Å². The zero-order valence-electron chi connectivity index (χ0n) is 4.60. The highest BCUT2D eigenvalue weighted by Crippen LogP contribution is 1.85. The van der Waals surface area contributed by atoms with Crippen LogP contribution in [0.5, 0.6) is 0 Å². The molecular weight excluding hydrogens is 162 g/mol. The molecule has 10 heavy (non-hydrogen) atoms. The van der Waals surface area contributed by atoms with Gasteiger partial charge in [-0.2, -0.15) is 0 Å². The van der Waals surface area contributed by atoms with Gasteiger partial charge in [-0.1, -0.05) is 4.73 Å². The first kappa shape index (κ1) is 6.81. The Morgan fingerprint density at radius 3 is 1.90 bits per heavy atom. The average Bonchev–Trinajstić information content (AvgIpc) is 1.82. The minimum Gasteiger partial charge on any atom is -0.610 e. The van der Waals surface area contributed by atoms with Crippen LogP contribution in [0.4, 0.5) is 0 Å². The third-order valence-electron chi connectivity index (χ3n) is 0.801. The van der Waals surface area contributed by atoms with Crippen molar-refractivity contribution in [1.29, 1.82) is 0 Å². The maximum Gasteiger partial charge on any atom is 0.553 e. The summed E-state index contributed by atoms with van der Waals surface area (Å²) in [7, 11) is 0. The Balaban J connectivity index is 3.31. The first-order chi connectivity index (χ1) is 4.61. The second-order valence-electron chi connectivity index (χ2n) is 1.51. The summed E-state index contributed by atoms with van der Waals surface area (Å²) in [5.74, 6) is 0. The van der Waals surface area contributed by atoms with E-state index in [1.807, 2.05) is 0 Å². The van der Waals surface area contributed by atoms with E-state index in [1.54, 1.807) is 0 Å². The summed E-state index contributed by atoms with van der Waals surface area (Å²) in [5, 5.41) is 30.5. The van der Waals surface area contributed by atoms with Crippen LogP contribution in [0.25, 0.3) is 0 Å². The van der Waals surface area contributed by atoms with E-state index in [4.69, 9.17) is 11.6 Å². The minimum absolute atomic E-state index is 0.0262. The molecule has 1 heterocycles. The Kier molecular flexibility index (Phi) is 1.46. The van der Waals surface area contributed by atoms with E-state index >= 15 is 0 Å². The van der Waals surface area contributed by atoms with Gasteiger partial charge in [-0.15, -0.1) is 0 Å². The molecule has 0 fully saturated rings. The number of hydrogen-bond donors (Lipinski definition) is 0. The third kappa shape index (κ3) is 1.01. The van der Waals surface area contributed by atoms with Crippen LogP contribution in [-0.4, -0.2) is 0 Å². The summed E-state index contributed by atoms with van der Waals surface area (Å²) in [4.78, 5) is 0. The van der Waals surface area contributed by atoms with Crippen LogP contribution >= 0.6 is 11.6 Å². The zero-order valence-corrected chi connectivity index (χ0v) is 5.35. The Labute approximate surface area is 60.3 Å². The molecule has 0 aliphatic rings. The molecule has 0 aromatic carbocycles. The predicted octanol–water partition coefficient (Wildman–Crippen LogP) is -1.76. The highest BCUT2D eigenvalue weighted by Gasteiger charge is 2.17. The second kappa shape index (κ2) is 2.14. The summed E-state index contributed by atoms with van der Waals surface area (Å²) in [6.45, 7) is 0. The maximum atomic E-state index is 10.4. The molecule has 0 aliphatic carbocycles. The van der Waals surface area contributed by atoms with E-state index in [-0.39, 0.29) is 14.2 Å². The fraction of sp³-hybridized carbons (Fsp3) is 0. The van der Waals surface area contributed by atoms with Gasteiger partial charge in [0.15, 0.2) is 0 Å². The van der Waals surface area contributed by atoms with E-state index in [9.17, 15) is 15.6 Å². The van der Waals surface area contributed by atoms with Crippen LogP contribution in [-0.2, 0) is 0 Å². The van der Waals surface area contributed by atoms with Crippen molar-refractivity contribution in [2.75, 3.05) is 0 Å². The molecule has 0 saturated heterocycles. The van der Waals surface area contributed by atoms with E-state index in [1.165, 1.54) is 0 Å². The van der Waals surface area contributed by atoms with Crippen LogP contribution in [0.3, 0.4) is 0 Å². The predicted molar refractivity (Wildman–Crippen MR) is 28.3 cm³/mol. The quantitative estimate of drug-likeness (QED) is 0.336. The fourth-order valence-electron chi connectivity index (χ4n) is 0.429. The normalized spacial score (nSPS) is 9.70. The third-order valence-corrected chi connectivity index (χ3v) is 1.13. The van der Waals surface area contributed by atoms with Crippen LogP contribution in [0.15, 0.2) is 12.7 Å². The summed E-state index contributed by atoms with van der Waals surface area (Å²) in [6.07, 6.45) is 1.19. The molecule has 54 valence electrons. The molecule has 6 nitrogen and oxygen atoms in total. The Bertz CT molecular complexity index is 242. The van der Waals surface area contributed by atoms with Gasteiger partial charge >= 0.3 is 17.9 Å². The van der Waals surface area contributed by atoms with Crippen molar-refractivity contribution in [1.82, 2.24) is 0 Å². The number of rotatable bonds is 0. The molecule has 1 rings (SSSR count). The van der Waals surface area contributed by atoms with Crippen LogP contribution in [0, 0.1) is 15.6 Å². The summed E-state index contributed by atoms with van der Waals surface area (Å²) in [5.41, 5.74) is 0. The molecule has 0 bridgehead atoms. The van der Waals surface area contributed by atoms with Gasteiger partial charge in [-0.05, 0) is 9.46 Å². The maximum absolute atomic E-state index is 10.4. The molecule has 1 aromatic rings. The topological polar surface area (TPSA) is 80.8 Å². The van der Waals surface area contributed by atoms with Gasteiger partial charge in [0.05, 0.1) is 11.6 Å². The van der Waals surface area contributed by atoms with Crippen molar-refractivity contribution < 1.29 is 14.2 Å². The lowest BCUT2D eigenvalue weighted by molar-refractivity contribution is -0.865. The SMILES string of the molecule is [O-][n+]1c[n+]([O-])c(Cl)[n+]([O-])c1. The smallest absolute Gasteiger partial charge is 0.553 e. The Morgan fingerprint density at radius 1 is 1.10 bits per heavy atom. The zero-order chi connectivity index (χ0) is 7.72. The molecule has 0 amide bonds. The van der Waals surface area contributed by atoms with Gasteiger partial charge in [0.25, 0.3) is 0 Å². The van der Waals surface area contributed by atoms with Gasteiger partial charge < -0.3 is 15.6 Å². The molecular formula is C3H2ClN3O3. The Morgan fingerprint density at radius 2 is 1.50 bits per heavy atom. The lowest BCUT2D eigenvalue weighted by Gasteiger charge is -1.96. The monoisotopic (exact) mass is 163 g/mol. The average molecular weight is 164 g/mol. The molecule has 0 spiro atoms. The minimum atomic E-state index is -0.605. The lowest BCUT2D eigenvalue weighted by atomic mass is 11.0. The fourth-order valence-corrected chi connectivity index (χ4v) is 0.516. The van der Waals surface area contributed by atoms with Crippen LogP contribution < -0.4 is 14.2 Å². The second-order valence-corrected chi connectivity index (χ2v) is 1.85. The van der Waals surface area contributed by atoms with E-state index in [0.717, 1.165) is 0 Å². The largest absolute Gasteiger partial charge is 0.610 e. The number of hydrogen-bond acceptors (Lipinski definition) is 3. The Hall–Kier alpha value is -1.30.